The molecule has 3 heterocycles. The van der Waals surface area contributed by atoms with Crippen LogP contribution in [0.15, 0.2) is 63.7 Å². The third-order valence-corrected chi connectivity index (χ3v) is 10.7. The van der Waals surface area contributed by atoms with E-state index in [9.17, 15) is 21.2 Å². The zero-order chi connectivity index (χ0) is 22.7. The van der Waals surface area contributed by atoms with Crippen molar-refractivity contribution in [2.24, 2.45) is 0 Å². The number of sulfonamides is 2. The van der Waals surface area contributed by atoms with Crippen LogP contribution in [0.4, 0.5) is 4.39 Å². The van der Waals surface area contributed by atoms with Gasteiger partial charge >= 0.3 is 0 Å². The molecule has 1 atom stereocenters. The summed E-state index contributed by atoms with van der Waals surface area (Å²) in [5.74, 6) is -0.644. The molecule has 5 rings (SSSR count). The van der Waals surface area contributed by atoms with Gasteiger partial charge in [0.1, 0.15) is 5.82 Å². The second kappa shape index (κ2) is 7.42. The van der Waals surface area contributed by atoms with Crippen LogP contribution >= 0.6 is 11.3 Å². The standard InChI is InChI=1S/C21H20FN3O4S3/c1-15-23-17(13-30-15)12-25-21(19-7-2-3-8-20(19)32(25,28)29)9-10-24(14-21)31(26,27)18-6-4-5-16(22)11-18/h2-8,11,13H,9-10,12,14H2,1H3/t21-/m1/s1. The molecule has 32 heavy (non-hydrogen) atoms. The summed E-state index contributed by atoms with van der Waals surface area (Å²) < 4.78 is 69.9. The van der Waals surface area contributed by atoms with Crippen LogP contribution in [0.5, 0.6) is 0 Å². The van der Waals surface area contributed by atoms with Crippen molar-refractivity contribution in [2.45, 2.75) is 35.2 Å². The molecule has 0 bridgehead atoms. The predicted octanol–water partition coefficient (Wildman–Crippen LogP) is 3.09. The lowest BCUT2D eigenvalue weighted by atomic mass is 9.89. The highest BCUT2D eigenvalue weighted by molar-refractivity contribution is 7.89. The average molecular weight is 494 g/mol. The minimum atomic E-state index is -4.00. The fraction of sp³-hybridized carbons (Fsp3) is 0.286. The van der Waals surface area contributed by atoms with E-state index in [2.05, 4.69) is 4.98 Å². The minimum absolute atomic E-state index is 0.0504. The topological polar surface area (TPSA) is 87.7 Å². The van der Waals surface area contributed by atoms with Crippen molar-refractivity contribution in [1.29, 1.82) is 0 Å². The Morgan fingerprint density at radius 3 is 2.69 bits per heavy atom. The highest BCUT2D eigenvalue weighted by Gasteiger charge is 2.58. The quantitative estimate of drug-likeness (QED) is 0.557. The van der Waals surface area contributed by atoms with Gasteiger partial charge < -0.3 is 0 Å². The lowest BCUT2D eigenvalue weighted by Gasteiger charge is -2.33. The largest absolute Gasteiger partial charge is 0.245 e. The maximum absolute atomic E-state index is 13.7. The third-order valence-electron chi connectivity index (χ3n) is 6.05. The maximum Gasteiger partial charge on any atom is 0.244 e. The summed E-state index contributed by atoms with van der Waals surface area (Å²) in [7, 11) is -7.85. The second-order valence-electron chi connectivity index (χ2n) is 7.94. The number of rotatable bonds is 4. The number of hydrogen-bond acceptors (Lipinski definition) is 6. The van der Waals surface area contributed by atoms with Crippen LogP contribution in [0, 0.1) is 12.7 Å². The number of hydrogen-bond donors (Lipinski definition) is 0. The molecule has 7 nitrogen and oxygen atoms in total. The lowest BCUT2D eigenvalue weighted by Crippen LogP contribution is -2.46. The van der Waals surface area contributed by atoms with Crippen LogP contribution in [0.3, 0.4) is 0 Å². The number of halogens is 1. The molecule has 168 valence electrons. The van der Waals surface area contributed by atoms with Crippen molar-refractivity contribution in [3.05, 3.63) is 76.0 Å². The van der Waals surface area contributed by atoms with Crippen molar-refractivity contribution in [3.8, 4) is 0 Å². The van der Waals surface area contributed by atoms with Crippen LogP contribution in [0.1, 0.15) is 22.7 Å². The van der Waals surface area contributed by atoms with Crippen LogP contribution in [0.25, 0.3) is 0 Å². The van der Waals surface area contributed by atoms with E-state index < -0.39 is 31.4 Å². The van der Waals surface area contributed by atoms with E-state index in [0.29, 0.717) is 17.7 Å². The highest BCUT2D eigenvalue weighted by Crippen LogP contribution is 2.50. The molecule has 2 aromatic carbocycles. The van der Waals surface area contributed by atoms with Crippen molar-refractivity contribution in [1.82, 2.24) is 13.6 Å². The predicted molar refractivity (Wildman–Crippen MR) is 117 cm³/mol. The van der Waals surface area contributed by atoms with E-state index in [1.165, 1.54) is 38.1 Å². The third kappa shape index (κ3) is 3.22. The molecule has 1 saturated heterocycles. The first kappa shape index (κ1) is 21.7. The fourth-order valence-electron chi connectivity index (χ4n) is 4.59. The number of thiazole rings is 1. The number of aromatic nitrogens is 1. The van der Waals surface area contributed by atoms with Crippen molar-refractivity contribution in [2.75, 3.05) is 13.1 Å². The average Bonchev–Trinajstić information content (AvgIpc) is 3.43. The summed E-state index contributed by atoms with van der Waals surface area (Å²) in [6.07, 6.45) is 0.293. The zero-order valence-corrected chi connectivity index (χ0v) is 19.6. The summed E-state index contributed by atoms with van der Waals surface area (Å²) >= 11 is 1.43. The summed E-state index contributed by atoms with van der Waals surface area (Å²) in [6, 6.07) is 11.6. The fourth-order valence-corrected chi connectivity index (χ4v) is 8.75. The van der Waals surface area contributed by atoms with E-state index in [1.54, 1.807) is 24.3 Å². The molecule has 0 saturated carbocycles. The Morgan fingerprint density at radius 1 is 1.19 bits per heavy atom. The molecule has 0 radical (unpaired) electrons. The first-order valence-corrected chi connectivity index (χ1v) is 13.7. The van der Waals surface area contributed by atoms with Gasteiger partial charge in [-0.25, -0.2) is 26.2 Å². The number of benzene rings is 2. The molecule has 1 spiro atoms. The van der Waals surface area contributed by atoms with Gasteiger partial charge in [0.05, 0.1) is 32.6 Å². The molecule has 2 aliphatic heterocycles. The maximum atomic E-state index is 13.7. The van der Waals surface area contributed by atoms with E-state index >= 15 is 0 Å². The lowest BCUT2D eigenvalue weighted by molar-refractivity contribution is 0.202. The molecular weight excluding hydrogens is 473 g/mol. The molecule has 2 aliphatic rings. The zero-order valence-electron chi connectivity index (χ0n) is 17.1. The first-order valence-electron chi connectivity index (χ1n) is 9.94. The Balaban J connectivity index is 1.59. The summed E-state index contributed by atoms with van der Waals surface area (Å²) in [5, 5.41) is 2.64. The molecule has 0 amide bonds. The van der Waals surface area contributed by atoms with Crippen molar-refractivity contribution < 1.29 is 21.2 Å². The normalized spacial score (nSPS) is 23.1. The molecule has 0 N–H and O–H groups in total. The van der Waals surface area contributed by atoms with Crippen LogP contribution in [-0.2, 0) is 32.1 Å². The second-order valence-corrected chi connectivity index (χ2v) is 12.8. The first-order chi connectivity index (χ1) is 15.1. The summed E-state index contributed by atoms with van der Waals surface area (Å²) in [6.45, 7) is 1.97. The van der Waals surface area contributed by atoms with Crippen molar-refractivity contribution in [3.63, 3.8) is 0 Å². The Bertz CT molecular complexity index is 1420. The Labute approximate surface area is 190 Å². The van der Waals surface area contributed by atoms with Crippen LogP contribution < -0.4 is 0 Å². The molecule has 1 fully saturated rings. The van der Waals surface area contributed by atoms with E-state index in [1.807, 2.05) is 12.3 Å². The minimum Gasteiger partial charge on any atom is -0.245 e. The van der Waals surface area contributed by atoms with E-state index in [0.717, 1.165) is 11.1 Å². The Kier molecular flexibility index (Phi) is 5.02. The molecular formula is C21H20FN3O4S3. The van der Waals surface area contributed by atoms with Crippen molar-refractivity contribution >= 4 is 31.4 Å². The molecule has 3 aromatic rings. The van der Waals surface area contributed by atoms with Gasteiger partial charge in [0, 0.05) is 18.5 Å². The Hall–Kier alpha value is -2.18. The van der Waals surface area contributed by atoms with Crippen LogP contribution in [0.2, 0.25) is 0 Å². The van der Waals surface area contributed by atoms with E-state index in [4.69, 9.17) is 0 Å². The molecule has 11 heteroatoms. The van der Waals surface area contributed by atoms with Gasteiger partial charge in [-0.1, -0.05) is 24.3 Å². The van der Waals surface area contributed by atoms with Gasteiger partial charge in [-0.15, -0.1) is 11.3 Å². The van der Waals surface area contributed by atoms with E-state index in [-0.39, 0.29) is 29.4 Å². The van der Waals surface area contributed by atoms with Gasteiger partial charge in [0.2, 0.25) is 20.0 Å². The Morgan fingerprint density at radius 2 is 1.97 bits per heavy atom. The van der Waals surface area contributed by atoms with Gasteiger partial charge in [0.15, 0.2) is 0 Å². The monoisotopic (exact) mass is 493 g/mol. The highest BCUT2D eigenvalue weighted by atomic mass is 32.2. The van der Waals surface area contributed by atoms with Gasteiger partial charge in [-0.2, -0.15) is 8.61 Å². The SMILES string of the molecule is Cc1nc(CN2[C@@]3(CCN(S(=O)(=O)c4cccc(F)c4)C3)c3ccccc3S2(=O)=O)cs1. The van der Waals surface area contributed by atoms with Gasteiger partial charge in [-0.05, 0) is 43.2 Å². The molecule has 0 unspecified atom stereocenters. The van der Waals surface area contributed by atoms with Gasteiger partial charge in [-0.3, -0.25) is 0 Å². The molecule has 0 aliphatic carbocycles. The number of fused-ring (bicyclic) bond motifs is 2. The smallest absolute Gasteiger partial charge is 0.244 e. The number of nitrogens with zero attached hydrogens (tertiary/aromatic N) is 3. The van der Waals surface area contributed by atoms with Gasteiger partial charge in [0.25, 0.3) is 0 Å². The van der Waals surface area contributed by atoms with Crippen LogP contribution in [-0.4, -0.2) is 43.5 Å². The summed E-state index contributed by atoms with van der Waals surface area (Å²) in [5.41, 5.74) is 0.159. The number of aryl methyl sites for hydroxylation is 1. The summed E-state index contributed by atoms with van der Waals surface area (Å²) in [4.78, 5) is 4.46. The molecule has 1 aromatic heterocycles.